The van der Waals surface area contributed by atoms with Gasteiger partial charge in [0.2, 0.25) is 0 Å². The molecule has 0 aliphatic heterocycles. The summed E-state index contributed by atoms with van der Waals surface area (Å²) in [6, 6.07) is 16.2. The summed E-state index contributed by atoms with van der Waals surface area (Å²) >= 11 is 0. The van der Waals surface area contributed by atoms with Crippen LogP contribution in [0, 0.1) is 0 Å². The highest BCUT2D eigenvalue weighted by molar-refractivity contribution is 5.87. The number of hydrogen-bond acceptors (Lipinski definition) is 3. The highest BCUT2D eigenvalue weighted by Gasteiger charge is 2.38. The molecule has 0 aromatic heterocycles. The quantitative estimate of drug-likeness (QED) is 0.867. The maximum atomic E-state index is 12.5. The summed E-state index contributed by atoms with van der Waals surface area (Å²) in [5.74, 6) is -0.120. The fraction of sp³-hybridized carbons (Fsp3) is 0.235. The predicted molar refractivity (Wildman–Crippen MR) is 77.6 cm³/mol. The van der Waals surface area contributed by atoms with Crippen molar-refractivity contribution in [2.75, 3.05) is 6.61 Å². The van der Waals surface area contributed by atoms with Crippen LogP contribution in [-0.2, 0) is 14.9 Å². The molecule has 3 nitrogen and oxygen atoms in total. The van der Waals surface area contributed by atoms with Crippen LogP contribution < -0.4 is 0 Å². The van der Waals surface area contributed by atoms with Gasteiger partial charge in [0.25, 0.3) is 0 Å². The second kappa shape index (κ2) is 5.78. The molecule has 0 spiro atoms. The molecule has 0 fully saturated rings. The van der Waals surface area contributed by atoms with E-state index in [4.69, 9.17) is 4.74 Å². The molecule has 0 saturated heterocycles. The Morgan fingerprint density at radius 1 is 1.05 bits per heavy atom. The van der Waals surface area contributed by atoms with E-state index in [9.17, 15) is 9.90 Å². The van der Waals surface area contributed by atoms with Gasteiger partial charge in [0.05, 0.1) is 6.61 Å². The average Bonchev–Trinajstić information content (AvgIpc) is 2.48. The molecule has 20 heavy (non-hydrogen) atoms. The monoisotopic (exact) mass is 270 g/mol. The zero-order chi connectivity index (χ0) is 14.6. The van der Waals surface area contributed by atoms with Crippen LogP contribution >= 0.6 is 0 Å². The first-order valence-electron chi connectivity index (χ1n) is 6.61. The van der Waals surface area contributed by atoms with Gasteiger partial charge in [-0.15, -0.1) is 0 Å². The molecule has 1 unspecified atom stereocenters. The SMILES string of the molecule is CCOC(=O)C(C)(c1ccccc1)c1ccc(O)cc1. The van der Waals surface area contributed by atoms with Gasteiger partial charge in [-0.3, -0.25) is 4.79 Å². The van der Waals surface area contributed by atoms with Gasteiger partial charge in [-0.1, -0.05) is 42.5 Å². The van der Waals surface area contributed by atoms with Gasteiger partial charge in [-0.05, 0) is 37.1 Å². The number of phenols is 1. The summed E-state index contributed by atoms with van der Waals surface area (Å²) in [5, 5.41) is 9.42. The fourth-order valence-electron chi connectivity index (χ4n) is 2.24. The van der Waals surface area contributed by atoms with Crippen molar-refractivity contribution in [3.05, 3.63) is 65.7 Å². The Kier molecular flexibility index (Phi) is 4.08. The molecule has 3 heteroatoms. The minimum Gasteiger partial charge on any atom is -0.508 e. The lowest BCUT2D eigenvalue weighted by Crippen LogP contribution is -2.35. The molecular weight excluding hydrogens is 252 g/mol. The molecule has 2 rings (SSSR count). The average molecular weight is 270 g/mol. The van der Waals surface area contributed by atoms with Crippen molar-refractivity contribution < 1.29 is 14.6 Å². The summed E-state index contributed by atoms with van der Waals surface area (Å²) < 4.78 is 5.24. The lowest BCUT2D eigenvalue weighted by Gasteiger charge is -2.28. The molecule has 0 radical (unpaired) electrons. The maximum absolute atomic E-state index is 12.5. The molecule has 0 bridgehead atoms. The molecule has 2 aromatic carbocycles. The Bertz CT molecular complexity index is 575. The first-order valence-corrected chi connectivity index (χ1v) is 6.61. The second-order valence-corrected chi connectivity index (χ2v) is 4.76. The fourth-order valence-corrected chi connectivity index (χ4v) is 2.24. The van der Waals surface area contributed by atoms with E-state index >= 15 is 0 Å². The Hall–Kier alpha value is -2.29. The summed E-state index contributed by atoms with van der Waals surface area (Å²) in [7, 11) is 0. The molecular formula is C17H18O3. The van der Waals surface area contributed by atoms with E-state index in [2.05, 4.69) is 0 Å². The largest absolute Gasteiger partial charge is 0.508 e. The van der Waals surface area contributed by atoms with Gasteiger partial charge in [0.15, 0.2) is 0 Å². The lowest BCUT2D eigenvalue weighted by atomic mass is 9.76. The maximum Gasteiger partial charge on any atom is 0.320 e. The van der Waals surface area contributed by atoms with Gasteiger partial charge in [-0.2, -0.15) is 0 Å². The van der Waals surface area contributed by atoms with Crippen molar-refractivity contribution in [3.63, 3.8) is 0 Å². The first-order chi connectivity index (χ1) is 9.59. The Labute approximate surface area is 118 Å². The number of carbonyl (C=O) groups excluding carboxylic acids is 1. The number of phenolic OH excluding ortho intramolecular Hbond substituents is 1. The minimum atomic E-state index is -0.884. The van der Waals surface area contributed by atoms with E-state index in [0.29, 0.717) is 6.61 Å². The molecule has 0 saturated carbocycles. The Morgan fingerprint density at radius 2 is 1.60 bits per heavy atom. The van der Waals surface area contributed by atoms with Crippen LogP contribution in [0.1, 0.15) is 25.0 Å². The number of hydrogen-bond donors (Lipinski definition) is 1. The van der Waals surface area contributed by atoms with E-state index in [0.717, 1.165) is 11.1 Å². The van der Waals surface area contributed by atoms with Crippen molar-refractivity contribution in [2.24, 2.45) is 0 Å². The highest BCUT2D eigenvalue weighted by Crippen LogP contribution is 2.34. The van der Waals surface area contributed by atoms with Gasteiger partial charge in [0.1, 0.15) is 11.2 Å². The van der Waals surface area contributed by atoms with Crippen molar-refractivity contribution in [2.45, 2.75) is 19.3 Å². The molecule has 104 valence electrons. The van der Waals surface area contributed by atoms with Gasteiger partial charge in [-0.25, -0.2) is 0 Å². The summed E-state index contributed by atoms with van der Waals surface area (Å²) in [6.07, 6.45) is 0. The summed E-state index contributed by atoms with van der Waals surface area (Å²) in [5.41, 5.74) is 0.773. The van der Waals surface area contributed by atoms with E-state index in [1.807, 2.05) is 37.3 Å². The molecule has 0 amide bonds. The third kappa shape index (κ3) is 2.52. The number of carbonyl (C=O) groups is 1. The van der Waals surface area contributed by atoms with Crippen molar-refractivity contribution in [1.82, 2.24) is 0 Å². The van der Waals surface area contributed by atoms with Gasteiger partial charge < -0.3 is 9.84 Å². The van der Waals surface area contributed by atoms with Crippen LogP contribution in [-0.4, -0.2) is 17.7 Å². The first kappa shape index (κ1) is 14.1. The summed E-state index contributed by atoms with van der Waals surface area (Å²) in [4.78, 5) is 12.5. The van der Waals surface area contributed by atoms with Crippen LogP contribution in [0.25, 0.3) is 0 Å². The molecule has 0 heterocycles. The zero-order valence-corrected chi connectivity index (χ0v) is 11.7. The number of benzene rings is 2. The van der Waals surface area contributed by atoms with E-state index in [-0.39, 0.29) is 11.7 Å². The number of aromatic hydroxyl groups is 1. The zero-order valence-electron chi connectivity index (χ0n) is 11.7. The van der Waals surface area contributed by atoms with Gasteiger partial charge in [0, 0.05) is 0 Å². The minimum absolute atomic E-state index is 0.174. The third-order valence-corrected chi connectivity index (χ3v) is 3.48. The molecule has 1 N–H and O–H groups in total. The molecule has 0 aliphatic rings. The molecule has 2 aromatic rings. The van der Waals surface area contributed by atoms with Crippen molar-refractivity contribution >= 4 is 5.97 Å². The van der Waals surface area contributed by atoms with Crippen LogP contribution in [0.3, 0.4) is 0 Å². The number of rotatable bonds is 4. The Balaban J connectivity index is 2.55. The van der Waals surface area contributed by atoms with Crippen LogP contribution in [0.5, 0.6) is 5.75 Å². The topological polar surface area (TPSA) is 46.5 Å². The van der Waals surface area contributed by atoms with E-state index in [1.165, 1.54) is 0 Å². The smallest absolute Gasteiger partial charge is 0.320 e. The normalized spacial score (nSPS) is 13.5. The standard InChI is InChI=1S/C17H18O3/c1-3-20-16(19)17(2,13-7-5-4-6-8-13)14-9-11-15(18)12-10-14/h4-12,18H,3H2,1-2H3. The number of ether oxygens (including phenoxy) is 1. The van der Waals surface area contributed by atoms with E-state index in [1.54, 1.807) is 31.2 Å². The van der Waals surface area contributed by atoms with Crippen LogP contribution in [0.15, 0.2) is 54.6 Å². The third-order valence-electron chi connectivity index (χ3n) is 3.48. The second-order valence-electron chi connectivity index (χ2n) is 4.76. The Morgan fingerprint density at radius 3 is 2.15 bits per heavy atom. The van der Waals surface area contributed by atoms with Crippen molar-refractivity contribution in [3.8, 4) is 5.75 Å². The highest BCUT2D eigenvalue weighted by atomic mass is 16.5. The summed E-state index contributed by atoms with van der Waals surface area (Å²) in [6.45, 7) is 3.96. The lowest BCUT2D eigenvalue weighted by molar-refractivity contribution is -0.147. The predicted octanol–water partition coefficient (Wildman–Crippen LogP) is 3.26. The van der Waals surface area contributed by atoms with Crippen molar-refractivity contribution in [1.29, 1.82) is 0 Å². The van der Waals surface area contributed by atoms with Crippen LogP contribution in [0.2, 0.25) is 0 Å². The van der Waals surface area contributed by atoms with E-state index < -0.39 is 5.41 Å². The van der Waals surface area contributed by atoms with Gasteiger partial charge >= 0.3 is 5.97 Å². The molecule has 1 atom stereocenters. The molecule has 0 aliphatic carbocycles. The number of esters is 1. The van der Waals surface area contributed by atoms with Crippen LogP contribution in [0.4, 0.5) is 0 Å².